The van der Waals surface area contributed by atoms with Gasteiger partial charge in [-0.15, -0.1) is 5.10 Å². The summed E-state index contributed by atoms with van der Waals surface area (Å²) in [6, 6.07) is 11.0. The fraction of sp³-hybridized carbons (Fsp3) is 0.433. The van der Waals surface area contributed by atoms with Gasteiger partial charge in [-0.25, -0.2) is 9.67 Å². The van der Waals surface area contributed by atoms with Crippen LogP contribution in [0.25, 0.3) is 28.3 Å². The van der Waals surface area contributed by atoms with Crippen LogP contribution >= 0.6 is 0 Å². The minimum Gasteiger partial charge on any atom is -0.491 e. The Morgan fingerprint density at radius 2 is 1.77 bits per heavy atom. The van der Waals surface area contributed by atoms with Crippen LogP contribution in [0.4, 0.5) is 11.6 Å². The summed E-state index contributed by atoms with van der Waals surface area (Å²) in [6.45, 7) is 8.74. The lowest BCUT2D eigenvalue weighted by Crippen LogP contribution is -2.51. The molecule has 4 aromatic heterocycles. The molecule has 1 aromatic carbocycles. The third kappa shape index (κ3) is 5.90. The Bertz CT molecular complexity index is 1690. The summed E-state index contributed by atoms with van der Waals surface area (Å²) in [5, 5.41) is 9.73. The third-order valence-electron chi connectivity index (χ3n) is 7.67. The molecule has 5 aromatic rings. The van der Waals surface area contributed by atoms with Crippen LogP contribution < -0.4 is 15.4 Å². The number of fused-ring (bicyclic) bond motifs is 3. The van der Waals surface area contributed by atoms with Crippen molar-refractivity contribution in [1.29, 1.82) is 0 Å². The molecule has 2 N–H and O–H groups in total. The number of hydrogen-bond acceptors (Lipinski definition) is 11. The highest BCUT2D eigenvalue weighted by Crippen LogP contribution is 2.29. The van der Waals surface area contributed by atoms with Crippen LogP contribution in [0.3, 0.4) is 0 Å². The molecule has 0 saturated carbocycles. The van der Waals surface area contributed by atoms with Gasteiger partial charge in [0.15, 0.2) is 17.1 Å². The van der Waals surface area contributed by atoms with Crippen LogP contribution in [0.15, 0.2) is 53.3 Å². The standard InChI is InChI=1S/C30H37N9O5/c1-20(2)25(38-28-23(19-32-38)27-33-26(24-5-4-14-44-24)35-39(27)30(31)34-28)29(40)37-12-10-36(11-13-37)21-6-8-22(9-7-21)43-18-17-42-16-15-41-3/h4-9,14,19-20,25H,10-13,15-18H2,1-3H3,(H2,31,34). The molecular weight excluding hydrogens is 566 g/mol. The van der Waals surface area contributed by atoms with Gasteiger partial charge in [0.2, 0.25) is 17.7 Å². The van der Waals surface area contributed by atoms with E-state index in [9.17, 15) is 4.79 Å². The van der Waals surface area contributed by atoms with Gasteiger partial charge in [-0.1, -0.05) is 13.8 Å². The molecular formula is C30H37N9O5. The van der Waals surface area contributed by atoms with Crippen molar-refractivity contribution in [2.75, 3.05) is 70.3 Å². The van der Waals surface area contributed by atoms with Crippen LogP contribution in [0, 0.1) is 5.92 Å². The second-order valence-electron chi connectivity index (χ2n) is 10.9. The summed E-state index contributed by atoms with van der Waals surface area (Å²) in [4.78, 5) is 27.4. The van der Waals surface area contributed by atoms with Crippen LogP contribution in [0.5, 0.6) is 5.75 Å². The lowest BCUT2D eigenvalue weighted by molar-refractivity contribution is -0.136. The Balaban J connectivity index is 1.12. The molecule has 5 heterocycles. The maximum absolute atomic E-state index is 14.0. The fourth-order valence-electron chi connectivity index (χ4n) is 5.40. The van der Waals surface area contributed by atoms with Crippen molar-refractivity contribution in [3.05, 3.63) is 48.9 Å². The molecule has 14 nitrogen and oxygen atoms in total. The van der Waals surface area contributed by atoms with Gasteiger partial charge in [-0.2, -0.15) is 14.6 Å². The smallest absolute Gasteiger partial charge is 0.247 e. The molecule has 6 rings (SSSR count). The average Bonchev–Trinajstić information content (AvgIpc) is 3.80. The molecule has 1 amide bonds. The number of hydrogen-bond donors (Lipinski definition) is 1. The van der Waals surface area contributed by atoms with Crippen molar-refractivity contribution in [1.82, 2.24) is 34.3 Å². The zero-order valence-corrected chi connectivity index (χ0v) is 25.1. The van der Waals surface area contributed by atoms with Crippen molar-refractivity contribution in [2.24, 2.45) is 5.92 Å². The van der Waals surface area contributed by atoms with Gasteiger partial charge in [0.25, 0.3) is 0 Å². The molecule has 1 unspecified atom stereocenters. The molecule has 232 valence electrons. The summed E-state index contributed by atoms with van der Waals surface area (Å²) in [7, 11) is 1.65. The Morgan fingerprint density at radius 3 is 2.48 bits per heavy atom. The summed E-state index contributed by atoms with van der Waals surface area (Å²) in [5.41, 5.74) is 8.37. The van der Waals surface area contributed by atoms with Crippen molar-refractivity contribution in [3.63, 3.8) is 0 Å². The zero-order valence-electron chi connectivity index (χ0n) is 25.1. The molecule has 14 heteroatoms. The number of methoxy groups -OCH3 is 1. The number of nitrogen functional groups attached to an aromatic ring is 1. The molecule has 1 aliphatic heterocycles. The van der Waals surface area contributed by atoms with E-state index in [1.165, 1.54) is 4.52 Å². The van der Waals surface area contributed by atoms with Gasteiger partial charge in [0.1, 0.15) is 18.4 Å². The summed E-state index contributed by atoms with van der Waals surface area (Å²) < 4.78 is 24.8. The largest absolute Gasteiger partial charge is 0.491 e. The number of anilines is 2. The molecule has 0 aliphatic carbocycles. The highest BCUT2D eigenvalue weighted by atomic mass is 16.5. The molecule has 0 radical (unpaired) electrons. The lowest BCUT2D eigenvalue weighted by Gasteiger charge is -2.38. The average molecular weight is 604 g/mol. The Morgan fingerprint density at radius 1 is 1.00 bits per heavy atom. The summed E-state index contributed by atoms with van der Waals surface area (Å²) >= 11 is 0. The van der Waals surface area contributed by atoms with E-state index in [1.54, 1.807) is 36.4 Å². The van der Waals surface area contributed by atoms with Gasteiger partial charge in [-0.3, -0.25) is 4.79 Å². The van der Waals surface area contributed by atoms with Gasteiger partial charge in [0, 0.05) is 39.0 Å². The third-order valence-corrected chi connectivity index (χ3v) is 7.67. The van der Waals surface area contributed by atoms with Gasteiger partial charge >= 0.3 is 0 Å². The number of nitrogens with two attached hydrogens (primary N) is 1. The number of piperazine rings is 1. The van der Waals surface area contributed by atoms with E-state index in [0.29, 0.717) is 80.9 Å². The highest BCUT2D eigenvalue weighted by Gasteiger charge is 2.33. The van der Waals surface area contributed by atoms with Gasteiger partial charge < -0.3 is 34.2 Å². The maximum atomic E-state index is 14.0. The quantitative estimate of drug-likeness (QED) is 0.210. The number of carbonyl (C=O) groups excluding carboxylic acids is 1. The van der Waals surface area contributed by atoms with Crippen molar-refractivity contribution in [2.45, 2.75) is 19.9 Å². The molecule has 1 saturated heterocycles. The van der Waals surface area contributed by atoms with E-state index in [1.807, 2.05) is 43.0 Å². The highest BCUT2D eigenvalue weighted by molar-refractivity contribution is 5.92. The van der Waals surface area contributed by atoms with Crippen molar-refractivity contribution < 1.29 is 23.4 Å². The van der Waals surface area contributed by atoms with Crippen LogP contribution in [-0.4, -0.2) is 99.9 Å². The van der Waals surface area contributed by atoms with E-state index < -0.39 is 6.04 Å². The van der Waals surface area contributed by atoms with Crippen LogP contribution in [0.1, 0.15) is 19.9 Å². The first-order valence-electron chi connectivity index (χ1n) is 14.7. The van der Waals surface area contributed by atoms with E-state index >= 15 is 0 Å². The maximum Gasteiger partial charge on any atom is 0.247 e. The Hall–Kier alpha value is -4.69. The van der Waals surface area contributed by atoms with E-state index in [-0.39, 0.29) is 17.8 Å². The van der Waals surface area contributed by atoms with Crippen molar-refractivity contribution >= 4 is 34.2 Å². The fourth-order valence-corrected chi connectivity index (χ4v) is 5.40. The second-order valence-corrected chi connectivity index (χ2v) is 10.9. The summed E-state index contributed by atoms with van der Waals surface area (Å²) in [5.74, 6) is 1.81. The predicted octanol–water partition coefficient (Wildman–Crippen LogP) is 2.90. The number of carbonyl (C=O) groups is 1. The van der Waals surface area contributed by atoms with E-state index in [4.69, 9.17) is 24.4 Å². The molecule has 44 heavy (non-hydrogen) atoms. The minimum atomic E-state index is -0.559. The molecule has 0 bridgehead atoms. The van der Waals surface area contributed by atoms with Crippen LogP contribution in [0.2, 0.25) is 0 Å². The monoisotopic (exact) mass is 603 g/mol. The van der Waals surface area contributed by atoms with Gasteiger partial charge in [0.05, 0.1) is 37.7 Å². The predicted molar refractivity (Wildman–Crippen MR) is 163 cm³/mol. The number of amides is 1. The van der Waals surface area contributed by atoms with Crippen LogP contribution in [-0.2, 0) is 14.3 Å². The second kappa shape index (κ2) is 12.9. The number of ether oxygens (including phenoxy) is 3. The van der Waals surface area contributed by atoms with Crippen molar-refractivity contribution in [3.8, 4) is 17.3 Å². The number of nitrogens with zero attached hydrogens (tertiary/aromatic N) is 8. The lowest BCUT2D eigenvalue weighted by atomic mass is 10.0. The Kier molecular flexibility index (Phi) is 8.61. The number of benzene rings is 1. The Labute approximate surface area is 254 Å². The molecule has 1 atom stereocenters. The summed E-state index contributed by atoms with van der Waals surface area (Å²) in [6.07, 6.45) is 3.23. The van der Waals surface area contributed by atoms with E-state index in [0.717, 1.165) is 11.4 Å². The zero-order chi connectivity index (χ0) is 30.6. The first-order chi connectivity index (χ1) is 21.4. The van der Waals surface area contributed by atoms with Gasteiger partial charge in [-0.05, 0) is 42.3 Å². The number of aromatic nitrogens is 6. The van der Waals surface area contributed by atoms with E-state index in [2.05, 4.69) is 25.1 Å². The molecule has 1 aliphatic rings. The SMILES string of the molecule is COCCOCCOc1ccc(N2CCN(C(=O)C(C(C)C)n3ncc4c3nc(N)n3nc(-c5ccco5)nc43)CC2)cc1. The first kappa shape index (κ1) is 29.4. The first-order valence-corrected chi connectivity index (χ1v) is 14.7. The molecule has 1 fully saturated rings. The topological polar surface area (TPSA) is 151 Å². The number of rotatable bonds is 12. The molecule has 0 spiro atoms. The minimum absolute atomic E-state index is 0.000831. The normalized spacial score (nSPS) is 14.6. The number of furan rings is 1.